The number of rotatable bonds is 5. The quantitative estimate of drug-likeness (QED) is 0.824. The highest BCUT2D eigenvalue weighted by Gasteiger charge is 2.25. The smallest absolute Gasteiger partial charge is 0.272 e. The van der Waals surface area contributed by atoms with E-state index >= 15 is 0 Å². The minimum absolute atomic E-state index is 0.0796. The Morgan fingerprint density at radius 3 is 2.92 bits per heavy atom. The van der Waals surface area contributed by atoms with Crippen LogP contribution in [-0.2, 0) is 12.8 Å². The highest BCUT2D eigenvalue weighted by atomic mass is 79.9. The molecule has 0 bridgehead atoms. The zero-order valence-corrected chi connectivity index (χ0v) is 15.7. The van der Waals surface area contributed by atoms with Crippen molar-refractivity contribution in [3.05, 3.63) is 45.7 Å². The van der Waals surface area contributed by atoms with Crippen molar-refractivity contribution >= 4 is 21.8 Å². The summed E-state index contributed by atoms with van der Waals surface area (Å²) in [6.07, 6.45) is 4.15. The van der Waals surface area contributed by atoms with Crippen LogP contribution in [0.3, 0.4) is 0 Å². The van der Waals surface area contributed by atoms with Crippen molar-refractivity contribution in [2.24, 2.45) is 0 Å². The van der Waals surface area contributed by atoms with Gasteiger partial charge in [0.15, 0.2) is 5.69 Å². The SMILES string of the molecule is CNC(C)CNC(=O)c1nn(-c2cccc(Br)c2)c2c1CCCC2. The van der Waals surface area contributed by atoms with Crippen molar-refractivity contribution in [1.29, 1.82) is 0 Å². The highest BCUT2D eigenvalue weighted by Crippen LogP contribution is 2.27. The van der Waals surface area contributed by atoms with Gasteiger partial charge in [-0.05, 0) is 57.9 Å². The Kier molecular flexibility index (Phi) is 5.36. The summed E-state index contributed by atoms with van der Waals surface area (Å²) in [5.41, 5.74) is 3.85. The number of amides is 1. The van der Waals surface area contributed by atoms with E-state index in [1.165, 1.54) is 5.69 Å². The second-order valence-corrected chi connectivity index (χ2v) is 7.19. The number of fused-ring (bicyclic) bond motifs is 1. The Morgan fingerprint density at radius 2 is 2.17 bits per heavy atom. The molecule has 2 N–H and O–H groups in total. The van der Waals surface area contributed by atoms with Crippen molar-refractivity contribution in [2.45, 2.75) is 38.6 Å². The maximum atomic E-state index is 12.6. The third-order valence-electron chi connectivity index (χ3n) is 4.51. The van der Waals surface area contributed by atoms with Crippen LogP contribution < -0.4 is 10.6 Å². The lowest BCUT2D eigenvalue weighted by Gasteiger charge is -2.14. The Bertz CT molecular complexity index is 741. The van der Waals surface area contributed by atoms with Crippen LogP contribution in [0.15, 0.2) is 28.7 Å². The first-order valence-electron chi connectivity index (χ1n) is 8.42. The molecule has 128 valence electrons. The number of benzene rings is 1. The average Bonchev–Trinajstić information content (AvgIpc) is 2.99. The lowest BCUT2D eigenvalue weighted by Crippen LogP contribution is -2.37. The van der Waals surface area contributed by atoms with Crippen LogP contribution in [0.4, 0.5) is 0 Å². The molecule has 24 heavy (non-hydrogen) atoms. The number of hydrogen-bond donors (Lipinski definition) is 2. The monoisotopic (exact) mass is 390 g/mol. The Balaban J connectivity index is 1.94. The molecule has 1 amide bonds. The minimum atomic E-state index is -0.0796. The van der Waals surface area contributed by atoms with Gasteiger partial charge in [0.1, 0.15) is 0 Å². The van der Waals surface area contributed by atoms with E-state index in [9.17, 15) is 4.79 Å². The molecular formula is C18H23BrN4O. The normalized spacial score (nSPS) is 15.0. The van der Waals surface area contributed by atoms with Gasteiger partial charge in [-0.3, -0.25) is 4.79 Å². The molecule has 0 fully saturated rings. The van der Waals surface area contributed by atoms with Crippen LogP contribution in [0.25, 0.3) is 5.69 Å². The third kappa shape index (κ3) is 3.54. The van der Waals surface area contributed by atoms with Gasteiger partial charge in [0.25, 0.3) is 5.91 Å². The van der Waals surface area contributed by atoms with Crippen LogP contribution >= 0.6 is 15.9 Å². The molecule has 1 unspecified atom stereocenters. The number of hydrogen-bond acceptors (Lipinski definition) is 3. The van der Waals surface area contributed by atoms with E-state index in [1.807, 2.05) is 42.9 Å². The van der Waals surface area contributed by atoms with Crippen LogP contribution in [0, 0.1) is 0 Å². The molecule has 1 aromatic heterocycles. The summed E-state index contributed by atoms with van der Waals surface area (Å²) in [7, 11) is 1.89. The van der Waals surface area contributed by atoms with Gasteiger partial charge in [-0.15, -0.1) is 0 Å². The number of nitrogens with zero attached hydrogens (tertiary/aromatic N) is 2. The standard InChI is InChI=1S/C18H23BrN4O/c1-12(20-2)11-21-18(24)17-15-8-3-4-9-16(15)23(22-17)14-7-5-6-13(19)10-14/h5-7,10,12,20H,3-4,8-9,11H2,1-2H3,(H,21,24). The highest BCUT2D eigenvalue weighted by molar-refractivity contribution is 9.10. The second-order valence-electron chi connectivity index (χ2n) is 6.27. The first-order valence-corrected chi connectivity index (χ1v) is 9.21. The molecular weight excluding hydrogens is 368 g/mol. The van der Waals surface area contributed by atoms with E-state index in [1.54, 1.807) is 0 Å². The Labute approximate surface area is 151 Å². The van der Waals surface area contributed by atoms with Crippen molar-refractivity contribution in [2.75, 3.05) is 13.6 Å². The second kappa shape index (κ2) is 7.49. The average molecular weight is 391 g/mol. The molecule has 1 atom stereocenters. The van der Waals surface area contributed by atoms with Crippen LogP contribution in [0.1, 0.15) is 41.5 Å². The molecule has 0 saturated heterocycles. The van der Waals surface area contributed by atoms with E-state index in [0.29, 0.717) is 12.2 Å². The predicted octanol–water partition coefficient (Wildman–Crippen LogP) is 2.85. The fraction of sp³-hybridized carbons (Fsp3) is 0.444. The van der Waals surface area contributed by atoms with Gasteiger partial charge in [0.05, 0.1) is 5.69 Å². The van der Waals surface area contributed by atoms with E-state index in [-0.39, 0.29) is 11.9 Å². The summed E-state index contributed by atoms with van der Waals surface area (Å²) in [6, 6.07) is 8.28. The fourth-order valence-electron chi connectivity index (χ4n) is 3.03. The van der Waals surface area contributed by atoms with E-state index in [0.717, 1.165) is 41.4 Å². The van der Waals surface area contributed by atoms with E-state index in [4.69, 9.17) is 0 Å². The molecule has 1 heterocycles. The fourth-order valence-corrected chi connectivity index (χ4v) is 3.42. The summed E-state index contributed by atoms with van der Waals surface area (Å²) in [5.74, 6) is -0.0796. The molecule has 0 spiro atoms. The number of nitrogens with one attached hydrogen (secondary N) is 2. The molecule has 2 aromatic rings. The van der Waals surface area contributed by atoms with Crippen LogP contribution in [0.2, 0.25) is 0 Å². The van der Waals surface area contributed by atoms with Crippen molar-refractivity contribution in [1.82, 2.24) is 20.4 Å². The van der Waals surface area contributed by atoms with E-state index < -0.39 is 0 Å². The molecule has 1 aliphatic carbocycles. The first kappa shape index (κ1) is 17.2. The molecule has 1 aliphatic rings. The maximum absolute atomic E-state index is 12.6. The van der Waals surface area contributed by atoms with Crippen molar-refractivity contribution in [3.63, 3.8) is 0 Å². The zero-order chi connectivity index (χ0) is 17.1. The molecule has 6 heteroatoms. The molecule has 0 aliphatic heterocycles. The predicted molar refractivity (Wildman–Crippen MR) is 98.8 cm³/mol. The Morgan fingerprint density at radius 1 is 1.38 bits per heavy atom. The molecule has 0 saturated carbocycles. The van der Waals surface area contributed by atoms with Crippen LogP contribution in [-0.4, -0.2) is 35.3 Å². The molecule has 0 radical (unpaired) electrons. The summed E-state index contributed by atoms with van der Waals surface area (Å²) in [5, 5.41) is 10.8. The van der Waals surface area contributed by atoms with Crippen molar-refractivity contribution in [3.8, 4) is 5.69 Å². The van der Waals surface area contributed by atoms with E-state index in [2.05, 4.69) is 31.7 Å². The minimum Gasteiger partial charge on any atom is -0.349 e. The van der Waals surface area contributed by atoms with Gasteiger partial charge < -0.3 is 10.6 Å². The number of halogens is 1. The maximum Gasteiger partial charge on any atom is 0.272 e. The molecule has 5 nitrogen and oxygen atoms in total. The van der Waals surface area contributed by atoms with Crippen LogP contribution in [0.5, 0.6) is 0 Å². The van der Waals surface area contributed by atoms with Crippen molar-refractivity contribution < 1.29 is 4.79 Å². The first-order chi connectivity index (χ1) is 11.6. The number of carbonyl (C=O) groups is 1. The summed E-state index contributed by atoms with van der Waals surface area (Å²) < 4.78 is 2.95. The molecule has 3 rings (SSSR count). The van der Waals surface area contributed by atoms with Gasteiger partial charge in [0.2, 0.25) is 0 Å². The van der Waals surface area contributed by atoms with Gasteiger partial charge in [-0.1, -0.05) is 22.0 Å². The van der Waals surface area contributed by atoms with Gasteiger partial charge in [0, 0.05) is 28.3 Å². The number of aromatic nitrogens is 2. The van der Waals surface area contributed by atoms with Gasteiger partial charge >= 0.3 is 0 Å². The van der Waals surface area contributed by atoms with Gasteiger partial charge in [-0.25, -0.2) is 4.68 Å². The third-order valence-corrected chi connectivity index (χ3v) is 5.00. The number of likely N-dealkylation sites (N-methyl/N-ethyl adjacent to an activating group) is 1. The topological polar surface area (TPSA) is 58.9 Å². The molecule has 1 aromatic carbocycles. The summed E-state index contributed by atoms with van der Waals surface area (Å²) >= 11 is 3.51. The number of carbonyl (C=O) groups excluding carboxylic acids is 1. The Hall–Kier alpha value is -1.66. The zero-order valence-electron chi connectivity index (χ0n) is 14.1. The largest absolute Gasteiger partial charge is 0.349 e. The lowest BCUT2D eigenvalue weighted by molar-refractivity contribution is 0.0944. The van der Waals surface area contributed by atoms with Gasteiger partial charge in [-0.2, -0.15) is 5.10 Å². The lowest BCUT2D eigenvalue weighted by atomic mass is 9.95. The summed E-state index contributed by atoms with van der Waals surface area (Å²) in [4.78, 5) is 12.6. The summed E-state index contributed by atoms with van der Waals surface area (Å²) in [6.45, 7) is 2.63.